The third-order valence-electron chi connectivity index (χ3n) is 4.45. The summed E-state index contributed by atoms with van der Waals surface area (Å²) in [7, 11) is 1.75. The van der Waals surface area contributed by atoms with Gasteiger partial charge < -0.3 is 19.0 Å². The zero-order chi connectivity index (χ0) is 18.1. The summed E-state index contributed by atoms with van der Waals surface area (Å²) < 4.78 is 7.78. The number of para-hydroxylation sites is 1. The third kappa shape index (κ3) is 3.01. The molecule has 0 aliphatic rings. The Bertz CT molecular complexity index is 1050. The number of carbonyl (C=O) groups excluding carboxylic acids is 1. The molecule has 0 aliphatic heterocycles. The Labute approximate surface area is 151 Å². The highest BCUT2D eigenvalue weighted by molar-refractivity contribution is 5.78. The zero-order valence-electron chi connectivity index (χ0n) is 14.8. The highest BCUT2D eigenvalue weighted by atomic mass is 16.3. The number of amides is 2. The van der Waals surface area contributed by atoms with Crippen LogP contribution in [-0.4, -0.2) is 27.4 Å². The van der Waals surface area contributed by atoms with Crippen LogP contribution in [0.1, 0.15) is 17.1 Å². The van der Waals surface area contributed by atoms with E-state index in [4.69, 9.17) is 4.42 Å². The summed E-state index contributed by atoms with van der Waals surface area (Å²) in [6.45, 7) is 2.78. The Balaban J connectivity index is 1.43. The van der Waals surface area contributed by atoms with Crippen LogP contribution in [0.15, 0.2) is 59.1 Å². The van der Waals surface area contributed by atoms with Crippen molar-refractivity contribution in [3.63, 3.8) is 0 Å². The number of benzene rings is 1. The smallest absolute Gasteiger partial charge is 0.317 e. The number of aromatic nitrogens is 2. The van der Waals surface area contributed by atoms with E-state index in [0.717, 1.165) is 33.8 Å². The van der Waals surface area contributed by atoms with E-state index in [2.05, 4.69) is 10.3 Å². The van der Waals surface area contributed by atoms with Gasteiger partial charge in [-0.1, -0.05) is 24.3 Å². The van der Waals surface area contributed by atoms with Crippen LogP contribution in [0, 0.1) is 6.92 Å². The standard InChI is InChI=1S/C20H20N4O2/c1-14-17(24-10-6-5-9-19(24)22-14)12-21-20(25)23(2)13-16-11-15-7-3-4-8-18(15)26-16/h3-11H,12-13H2,1-2H3,(H,21,25). The lowest BCUT2D eigenvalue weighted by molar-refractivity contribution is 0.203. The van der Waals surface area contributed by atoms with Gasteiger partial charge in [0.15, 0.2) is 0 Å². The maximum Gasteiger partial charge on any atom is 0.317 e. The van der Waals surface area contributed by atoms with E-state index in [1.807, 2.05) is 66.1 Å². The fourth-order valence-corrected chi connectivity index (χ4v) is 3.09. The van der Waals surface area contributed by atoms with E-state index in [-0.39, 0.29) is 6.03 Å². The average Bonchev–Trinajstić information content (AvgIpc) is 3.18. The molecule has 0 radical (unpaired) electrons. The second kappa shape index (κ2) is 6.55. The molecular weight excluding hydrogens is 328 g/mol. The lowest BCUT2D eigenvalue weighted by Crippen LogP contribution is -2.36. The van der Waals surface area contributed by atoms with Gasteiger partial charge in [-0.2, -0.15) is 0 Å². The van der Waals surface area contributed by atoms with Crippen molar-refractivity contribution in [2.75, 3.05) is 7.05 Å². The van der Waals surface area contributed by atoms with Gasteiger partial charge in [-0.15, -0.1) is 0 Å². The number of nitrogens with one attached hydrogen (secondary N) is 1. The molecule has 6 heteroatoms. The maximum atomic E-state index is 12.4. The largest absolute Gasteiger partial charge is 0.459 e. The number of hydrogen-bond donors (Lipinski definition) is 1. The minimum atomic E-state index is -0.157. The number of furan rings is 1. The molecular formula is C20H20N4O2. The van der Waals surface area contributed by atoms with Crippen molar-refractivity contribution in [2.24, 2.45) is 0 Å². The first-order chi connectivity index (χ1) is 12.6. The van der Waals surface area contributed by atoms with E-state index in [1.165, 1.54) is 0 Å². The monoisotopic (exact) mass is 348 g/mol. The van der Waals surface area contributed by atoms with Crippen molar-refractivity contribution in [2.45, 2.75) is 20.0 Å². The van der Waals surface area contributed by atoms with Crippen LogP contribution in [-0.2, 0) is 13.1 Å². The molecule has 0 aliphatic carbocycles. The van der Waals surface area contributed by atoms with E-state index in [9.17, 15) is 4.79 Å². The van der Waals surface area contributed by atoms with Gasteiger partial charge in [0.2, 0.25) is 0 Å². The predicted octanol–water partition coefficient (Wildman–Crippen LogP) is 3.73. The topological polar surface area (TPSA) is 62.8 Å². The van der Waals surface area contributed by atoms with E-state index >= 15 is 0 Å². The number of imidazole rings is 1. The molecule has 4 aromatic rings. The summed E-state index contributed by atoms with van der Waals surface area (Å²) in [4.78, 5) is 18.6. The van der Waals surface area contributed by atoms with E-state index in [0.29, 0.717) is 13.1 Å². The first kappa shape index (κ1) is 16.2. The van der Waals surface area contributed by atoms with Crippen LogP contribution in [0.25, 0.3) is 16.6 Å². The Hall–Kier alpha value is -3.28. The molecule has 0 saturated carbocycles. The van der Waals surface area contributed by atoms with Crippen molar-refractivity contribution in [3.8, 4) is 0 Å². The Kier molecular flexibility index (Phi) is 4.08. The second-order valence-electron chi connectivity index (χ2n) is 6.34. The summed E-state index contributed by atoms with van der Waals surface area (Å²) >= 11 is 0. The number of fused-ring (bicyclic) bond motifs is 2. The molecule has 132 valence electrons. The fourth-order valence-electron chi connectivity index (χ4n) is 3.09. The number of aryl methyl sites for hydroxylation is 1. The van der Waals surface area contributed by atoms with Gasteiger partial charge in [-0.3, -0.25) is 0 Å². The molecule has 0 atom stereocenters. The lowest BCUT2D eigenvalue weighted by Gasteiger charge is -2.16. The van der Waals surface area contributed by atoms with Crippen LogP contribution >= 0.6 is 0 Å². The van der Waals surface area contributed by atoms with Crippen LogP contribution in [0.5, 0.6) is 0 Å². The number of hydrogen-bond acceptors (Lipinski definition) is 3. The minimum Gasteiger partial charge on any atom is -0.459 e. The van der Waals surface area contributed by atoms with Crippen LogP contribution in [0.4, 0.5) is 4.79 Å². The van der Waals surface area contributed by atoms with Gasteiger partial charge in [0.1, 0.15) is 17.0 Å². The molecule has 1 N–H and O–H groups in total. The highest BCUT2D eigenvalue weighted by Gasteiger charge is 2.14. The van der Waals surface area contributed by atoms with Crippen molar-refractivity contribution < 1.29 is 9.21 Å². The average molecular weight is 348 g/mol. The Morgan fingerprint density at radius 1 is 1.23 bits per heavy atom. The third-order valence-corrected chi connectivity index (χ3v) is 4.45. The van der Waals surface area contributed by atoms with Gasteiger partial charge in [-0.05, 0) is 31.2 Å². The molecule has 0 fully saturated rings. The second-order valence-corrected chi connectivity index (χ2v) is 6.34. The summed E-state index contributed by atoms with van der Waals surface area (Å²) in [5, 5.41) is 4.00. The van der Waals surface area contributed by atoms with Crippen molar-refractivity contribution in [1.82, 2.24) is 19.6 Å². The molecule has 6 nitrogen and oxygen atoms in total. The van der Waals surface area contributed by atoms with E-state index in [1.54, 1.807) is 11.9 Å². The first-order valence-corrected chi connectivity index (χ1v) is 8.51. The number of urea groups is 1. The van der Waals surface area contributed by atoms with Gasteiger partial charge in [0.25, 0.3) is 0 Å². The van der Waals surface area contributed by atoms with Crippen molar-refractivity contribution in [1.29, 1.82) is 0 Å². The molecule has 0 unspecified atom stereocenters. The molecule has 4 rings (SSSR count). The Morgan fingerprint density at radius 3 is 2.88 bits per heavy atom. The summed E-state index contributed by atoms with van der Waals surface area (Å²) in [6.07, 6.45) is 1.95. The molecule has 1 aromatic carbocycles. The lowest BCUT2D eigenvalue weighted by atomic mass is 10.2. The van der Waals surface area contributed by atoms with Gasteiger partial charge >= 0.3 is 6.03 Å². The molecule has 0 bridgehead atoms. The molecule has 3 heterocycles. The molecule has 2 amide bonds. The van der Waals surface area contributed by atoms with E-state index < -0.39 is 0 Å². The summed E-state index contributed by atoms with van der Waals surface area (Å²) in [5.74, 6) is 0.759. The SMILES string of the molecule is Cc1nc2ccccn2c1CNC(=O)N(C)Cc1cc2ccccc2o1. The summed E-state index contributed by atoms with van der Waals surface area (Å²) in [6, 6.07) is 15.5. The molecule has 0 saturated heterocycles. The number of pyridine rings is 1. The molecule has 0 spiro atoms. The number of carbonyl (C=O) groups is 1. The van der Waals surface area contributed by atoms with Gasteiger partial charge in [-0.25, -0.2) is 9.78 Å². The minimum absolute atomic E-state index is 0.157. The Morgan fingerprint density at radius 2 is 2.04 bits per heavy atom. The van der Waals surface area contributed by atoms with Crippen LogP contribution in [0.3, 0.4) is 0 Å². The van der Waals surface area contributed by atoms with Gasteiger partial charge in [0, 0.05) is 18.6 Å². The normalized spacial score (nSPS) is 11.2. The number of rotatable bonds is 4. The predicted molar refractivity (Wildman–Crippen MR) is 99.8 cm³/mol. The van der Waals surface area contributed by atoms with Crippen LogP contribution in [0.2, 0.25) is 0 Å². The maximum absolute atomic E-state index is 12.4. The van der Waals surface area contributed by atoms with Crippen molar-refractivity contribution >= 4 is 22.6 Å². The molecule has 3 aromatic heterocycles. The summed E-state index contributed by atoms with van der Waals surface area (Å²) in [5.41, 5.74) is 3.60. The fraction of sp³-hybridized carbons (Fsp3) is 0.200. The zero-order valence-corrected chi connectivity index (χ0v) is 14.8. The highest BCUT2D eigenvalue weighted by Crippen LogP contribution is 2.19. The first-order valence-electron chi connectivity index (χ1n) is 8.51. The number of nitrogens with zero attached hydrogens (tertiary/aromatic N) is 3. The van der Waals surface area contributed by atoms with Gasteiger partial charge in [0.05, 0.1) is 24.5 Å². The van der Waals surface area contributed by atoms with Crippen molar-refractivity contribution in [3.05, 3.63) is 71.9 Å². The quantitative estimate of drug-likeness (QED) is 0.611. The van der Waals surface area contributed by atoms with Crippen LogP contribution < -0.4 is 5.32 Å². The molecule has 26 heavy (non-hydrogen) atoms.